The molecular weight excluding hydrogens is 340 g/mol. The highest BCUT2D eigenvalue weighted by atomic mass is 79.9. The Morgan fingerprint density at radius 2 is 1.95 bits per heavy atom. The highest BCUT2D eigenvalue weighted by Crippen LogP contribution is 2.16. The van der Waals surface area contributed by atoms with Gasteiger partial charge in [0.1, 0.15) is 0 Å². The van der Waals surface area contributed by atoms with Gasteiger partial charge in [-0.2, -0.15) is 0 Å². The zero-order chi connectivity index (χ0) is 15.4. The first kappa shape index (κ1) is 15.5. The predicted octanol–water partition coefficient (Wildman–Crippen LogP) is 1.11. The Bertz CT molecular complexity index is 559. The average Bonchev–Trinajstić information content (AvgIpc) is 2.95. The van der Waals surface area contributed by atoms with Gasteiger partial charge in [0.2, 0.25) is 5.91 Å². The van der Waals surface area contributed by atoms with Crippen LogP contribution in [-0.4, -0.2) is 47.4 Å². The van der Waals surface area contributed by atoms with Gasteiger partial charge in [-0.15, -0.1) is 0 Å². The van der Waals surface area contributed by atoms with Gasteiger partial charge >= 0.3 is 5.97 Å². The van der Waals surface area contributed by atoms with E-state index in [0.29, 0.717) is 18.5 Å². The molecular formula is C14H15BrN2O4. The minimum absolute atomic E-state index is 0.124. The molecule has 2 amide bonds. The summed E-state index contributed by atoms with van der Waals surface area (Å²) in [5, 5.41) is 11.4. The van der Waals surface area contributed by atoms with E-state index in [1.807, 2.05) is 0 Å². The van der Waals surface area contributed by atoms with Gasteiger partial charge in [0.15, 0.2) is 0 Å². The standard InChI is InChI=1S/C14H15BrN2O4/c15-11-3-1-9(2-4-11)13(19)16-7-12(18)17-6-5-10(8-17)14(20)21/h1-4,10H,5-8H2,(H,16,19)(H,20,21). The Labute approximate surface area is 130 Å². The maximum Gasteiger partial charge on any atom is 0.308 e. The summed E-state index contributed by atoms with van der Waals surface area (Å²) >= 11 is 3.28. The van der Waals surface area contributed by atoms with E-state index in [1.165, 1.54) is 4.90 Å². The minimum Gasteiger partial charge on any atom is -0.481 e. The van der Waals surface area contributed by atoms with Crippen LogP contribution in [0.4, 0.5) is 0 Å². The van der Waals surface area contributed by atoms with Gasteiger partial charge in [-0.1, -0.05) is 15.9 Å². The summed E-state index contributed by atoms with van der Waals surface area (Å²) < 4.78 is 0.868. The molecule has 0 saturated carbocycles. The van der Waals surface area contributed by atoms with Crippen LogP contribution in [0.2, 0.25) is 0 Å². The number of rotatable bonds is 4. The molecule has 0 aliphatic carbocycles. The van der Waals surface area contributed by atoms with Crippen molar-refractivity contribution >= 4 is 33.7 Å². The third-order valence-corrected chi connectivity index (χ3v) is 3.93. The van der Waals surface area contributed by atoms with Crippen molar-refractivity contribution in [3.8, 4) is 0 Å². The summed E-state index contributed by atoms with van der Waals surface area (Å²) in [5.74, 6) is -1.98. The van der Waals surface area contributed by atoms with Crippen molar-refractivity contribution in [1.29, 1.82) is 0 Å². The second-order valence-corrected chi connectivity index (χ2v) is 5.77. The zero-order valence-corrected chi connectivity index (χ0v) is 12.8. The molecule has 2 rings (SSSR count). The van der Waals surface area contributed by atoms with E-state index in [2.05, 4.69) is 21.2 Å². The van der Waals surface area contributed by atoms with Gasteiger partial charge in [0.05, 0.1) is 12.5 Å². The normalized spacial score (nSPS) is 17.6. The highest BCUT2D eigenvalue weighted by molar-refractivity contribution is 9.10. The number of nitrogens with zero attached hydrogens (tertiary/aromatic N) is 1. The molecule has 112 valence electrons. The molecule has 1 atom stereocenters. The van der Waals surface area contributed by atoms with Crippen LogP contribution in [-0.2, 0) is 9.59 Å². The van der Waals surface area contributed by atoms with Crippen LogP contribution in [0, 0.1) is 5.92 Å². The van der Waals surface area contributed by atoms with E-state index >= 15 is 0 Å². The molecule has 1 unspecified atom stereocenters. The summed E-state index contributed by atoms with van der Waals surface area (Å²) in [6.45, 7) is 0.507. The van der Waals surface area contributed by atoms with Crippen molar-refractivity contribution in [3.63, 3.8) is 0 Å². The first-order valence-electron chi connectivity index (χ1n) is 6.51. The molecule has 0 spiro atoms. The van der Waals surface area contributed by atoms with E-state index in [0.717, 1.165) is 4.47 Å². The van der Waals surface area contributed by atoms with Crippen LogP contribution in [0.3, 0.4) is 0 Å². The molecule has 1 aromatic carbocycles. The second kappa shape index (κ2) is 6.71. The van der Waals surface area contributed by atoms with Crippen LogP contribution in [0.25, 0.3) is 0 Å². The Morgan fingerprint density at radius 1 is 1.29 bits per heavy atom. The Morgan fingerprint density at radius 3 is 2.52 bits per heavy atom. The van der Waals surface area contributed by atoms with Gasteiger partial charge < -0.3 is 15.3 Å². The largest absolute Gasteiger partial charge is 0.481 e. The maximum atomic E-state index is 11.9. The van der Waals surface area contributed by atoms with Crippen LogP contribution in [0.1, 0.15) is 16.8 Å². The quantitative estimate of drug-likeness (QED) is 0.847. The van der Waals surface area contributed by atoms with Crippen molar-refractivity contribution in [1.82, 2.24) is 10.2 Å². The van der Waals surface area contributed by atoms with Crippen LogP contribution in [0.5, 0.6) is 0 Å². The molecule has 0 bridgehead atoms. The van der Waals surface area contributed by atoms with E-state index in [1.54, 1.807) is 24.3 Å². The molecule has 0 radical (unpaired) electrons. The van der Waals surface area contributed by atoms with E-state index < -0.39 is 11.9 Å². The summed E-state index contributed by atoms with van der Waals surface area (Å²) in [7, 11) is 0. The van der Waals surface area contributed by atoms with E-state index in [-0.39, 0.29) is 24.9 Å². The lowest BCUT2D eigenvalue weighted by atomic mass is 10.1. The Hall–Kier alpha value is -1.89. The number of hydrogen-bond acceptors (Lipinski definition) is 3. The SMILES string of the molecule is O=C(NCC(=O)N1CCC(C(=O)O)C1)c1ccc(Br)cc1. The summed E-state index contributed by atoms with van der Waals surface area (Å²) in [5.41, 5.74) is 0.468. The van der Waals surface area contributed by atoms with Gasteiger partial charge in [-0.05, 0) is 30.7 Å². The van der Waals surface area contributed by atoms with Gasteiger partial charge in [-0.25, -0.2) is 0 Å². The monoisotopic (exact) mass is 354 g/mol. The third-order valence-electron chi connectivity index (χ3n) is 3.40. The first-order valence-corrected chi connectivity index (χ1v) is 7.31. The molecule has 1 aliphatic rings. The Balaban J connectivity index is 1.83. The molecule has 21 heavy (non-hydrogen) atoms. The van der Waals surface area contributed by atoms with Crippen LogP contribution < -0.4 is 5.32 Å². The smallest absolute Gasteiger partial charge is 0.308 e. The Kier molecular flexibility index (Phi) is 4.95. The van der Waals surface area contributed by atoms with Crippen molar-refractivity contribution in [3.05, 3.63) is 34.3 Å². The highest BCUT2D eigenvalue weighted by Gasteiger charge is 2.30. The number of carbonyl (C=O) groups is 3. The minimum atomic E-state index is -0.885. The number of carbonyl (C=O) groups excluding carboxylic acids is 2. The zero-order valence-electron chi connectivity index (χ0n) is 11.2. The van der Waals surface area contributed by atoms with Crippen molar-refractivity contribution in [2.45, 2.75) is 6.42 Å². The van der Waals surface area contributed by atoms with Crippen LogP contribution >= 0.6 is 15.9 Å². The van der Waals surface area contributed by atoms with Crippen LogP contribution in [0.15, 0.2) is 28.7 Å². The second-order valence-electron chi connectivity index (χ2n) is 4.85. The van der Waals surface area contributed by atoms with Crippen molar-refractivity contribution < 1.29 is 19.5 Å². The number of benzene rings is 1. The topological polar surface area (TPSA) is 86.7 Å². The fourth-order valence-electron chi connectivity index (χ4n) is 2.16. The molecule has 7 heteroatoms. The lowest BCUT2D eigenvalue weighted by Gasteiger charge is -2.16. The number of likely N-dealkylation sites (tertiary alicyclic amines) is 1. The van der Waals surface area contributed by atoms with E-state index in [4.69, 9.17) is 5.11 Å². The van der Waals surface area contributed by atoms with Gasteiger partial charge in [-0.3, -0.25) is 14.4 Å². The number of carboxylic acid groups (broad SMARTS) is 1. The number of amides is 2. The summed E-state index contributed by atoms with van der Waals surface area (Å²) in [6, 6.07) is 6.80. The van der Waals surface area contributed by atoms with Gasteiger partial charge in [0, 0.05) is 23.1 Å². The number of hydrogen-bond donors (Lipinski definition) is 2. The number of halogens is 1. The fourth-order valence-corrected chi connectivity index (χ4v) is 2.42. The molecule has 6 nitrogen and oxygen atoms in total. The lowest BCUT2D eigenvalue weighted by molar-refractivity contribution is -0.141. The molecule has 1 saturated heterocycles. The maximum absolute atomic E-state index is 11.9. The predicted molar refractivity (Wildman–Crippen MR) is 78.8 cm³/mol. The van der Waals surface area contributed by atoms with Crippen molar-refractivity contribution in [2.75, 3.05) is 19.6 Å². The molecule has 2 N–H and O–H groups in total. The average molecular weight is 355 g/mol. The van der Waals surface area contributed by atoms with Crippen molar-refractivity contribution in [2.24, 2.45) is 5.92 Å². The molecule has 1 aliphatic heterocycles. The number of carboxylic acids is 1. The first-order chi connectivity index (χ1) is 9.97. The molecule has 1 fully saturated rings. The summed E-state index contributed by atoms with van der Waals surface area (Å²) in [6.07, 6.45) is 0.460. The van der Waals surface area contributed by atoms with E-state index in [9.17, 15) is 14.4 Å². The number of aliphatic carboxylic acids is 1. The number of nitrogens with one attached hydrogen (secondary N) is 1. The third kappa shape index (κ3) is 4.04. The van der Waals surface area contributed by atoms with Gasteiger partial charge in [0.25, 0.3) is 5.91 Å². The molecule has 1 aromatic rings. The molecule has 1 heterocycles. The fraction of sp³-hybridized carbons (Fsp3) is 0.357. The summed E-state index contributed by atoms with van der Waals surface area (Å²) in [4.78, 5) is 36.1. The lowest BCUT2D eigenvalue weighted by Crippen LogP contribution is -2.39. The molecule has 0 aromatic heterocycles.